The van der Waals surface area contributed by atoms with Crippen molar-refractivity contribution in [2.45, 2.75) is 25.9 Å². The zero-order valence-electron chi connectivity index (χ0n) is 8.38. The normalized spacial score (nSPS) is 14.1. The third-order valence-corrected chi connectivity index (χ3v) is 2.81. The molecule has 0 heterocycles. The standard InChI is InChI=1S/C11H15NO2/c1-13-11-6-5-8-3-2-4-9(8)10(11)7-14-12/h5-6H,2-4,7,12H2,1H3. The summed E-state index contributed by atoms with van der Waals surface area (Å²) in [5.74, 6) is 6.01. The second kappa shape index (κ2) is 3.98. The minimum Gasteiger partial charge on any atom is -0.496 e. The SMILES string of the molecule is COc1ccc2c(c1CON)CCC2. The lowest BCUT2D eigenvalue weighted by Gasteiger charge is -2.12. The van der Waals surface area contributed by atoms with Crippen molar-refractivity contribution < 1.29 is 9.57 Å². The van der Waals surface area contributed by atoms with Crippen molar-refractivity contribution in [2.24, 2.45) is 5.90 Å². The summed E-state index contributed by atoms with van der Waals surface area (Å²) in [6.45, 7) is 0.437. The van der Waals surface area contributed by atoms with E-state index in [1.165, 1.54) is 17.5 Å². The molecule has 0 fully saturated rings. The summed E-state index contributed by atoms with van der Waals surface area (Å²) in [7, 11) is 1.68. The van der Waals surface area contributed by atoms with Crippen LogP contribution < -0.4 is 10.6 Å². The molecule has 0 aromatic heterocycles. The van der Waals surface area contributed by atoms with Crippen LogP contribution in [0.1, 0.15) is 23.1 Å². The molecule has 2 N–H and O–H groups in total. The summed E-state index contributed by atoms with van der Waals surface area (Å²) in [5.41, 5.74) is 3.90. The third kappa shape index (κ3) is 1.49. The van der Waals surface area contributed by atoms with Crippen molar-refractivity contribution in [1.29, 1.82) is 0 Å². The van der Waals surface area contributed by atoms with Crippen LogP contribution in [-0.4, -0.2) is 7.11 Å². The van der Waals surface area contributed by atoms with Crippen LogP contribution in [0.25, 0.3) is 0 Å². The molecule has 0 atom stereocenters. The van der Waals surface area contributed by atoms with Gasteiger partial charge in [0.05, 0.1) is 13.7 Å². The van der Waals surface area contributed by atoms with E-state index < -0.39 is 0 Å². The number of methoxy groups -OCH3 is 1. The summed E-state index contributed by atoms with van der Waals surface area (Å²) < 4.78 is 5.29. The van der Waals surface area contributed by atoms with Gasteiger partial charge in [-0.05, 0) is 36.5 Å². The number of nitrogens with two attached hydrogens (primary N) is 1. The molecule has 1 aromatic carbocycles. The molecule has 3 heteroatoms. The lowest BCUT2D eigenvalue weighted by atomic mass is 10.0. The first-order valence-corrected chi connectivity index (χ1v) is 4.86. The Bertz CT molecular complexity index is 336. The summed E-state index contributed by atoms with van der Waals surface area (Å²) >= 11 is 0. The van der Waals surface area contributed by atoms with E-state index in [0.717, 1.165) is 24.2 Å². The second-order valence-corrected chi connectivity index (χ2v) is 3.55. The van der Waals surface area contributed by atoms with E-state index in [1.54, 1.807) is 7.11 Å². The molecule has 14 heavy (non-hydrogen) atoms. The predicted molar refractivity (Wildman–Crippen MR) is 54.0 cm³/mol. The van der Waals surface area contributed by atoms with Gasteiger partial charge >= 0.3 is 0 Å². The number of hydrogen-bond donors (Lipinski definition) is 1. The number of rotatable bonds is 3. The molecule has 0 spiro atoms. The summed E-state index contributed by atoms with van der Waals surface area (Å²) in [6, 6.07) is 4.14. The number of fused-ring (bicyclic) bond motifs is 1. The summed E-state index contributed by atoms with van der Waals surface area (Å²) in [6.07, 6.45) is 3.50. The number of aryl methyl sites for hydroxylation is 1. The van der Waals surface area contributed by atoms with Crippen LogP contribution in [0, 0.1) is 0 Å². The molecule has 1 aliphatic rings. The van der Waals surface area contributed by atoms with Gasteiger partial charge in [0, 0.05) is 5.56 Å². The number of ether oxygens (including phenoxy) is 1. The Kier molecular flexibility index (Phi) is 2.70. The van der Waals surface area contributed by atoms with Gasteiger partial charge in [-0.15, -0.1) is 0 Å². The largest absolute Gasteiger partial charge is 0.496 e. The Hall–Kier alpha value is -1.06. The molecule has 0 aliphatic heterocycles. The molecular formula is C11H15NO2. The van der Waals surface area contributed by atoms with E-state index in [9.17, 15) is 0 Å². The van der Waals surface area contributed by atoms with E-state index in [4.69, 9.17) is 15.5 Å². The van der Waals surface area contributed by atoms with Gasteiger partial charge < -0.3 is 4.74 Å². The highest BCUT2D eigenvalue weighted by Gasteiger charge is 2.17. The van der Waals surface area contributed by atoms with Gasteiger partial charge in [0.2, 0.25) is 0 Å². The van der Waals surface area contributed by atoms with Crippen LogP contribution in [0.15, 0.2) is 12.1 Å². The van der Waals surface area contributed by atoms with E-state index in [0.29, 0.717) is 6.61 Å². The van der Waals surface area contributed by atoms with Crippen molar-refractivity contribution in [3.63, 3.8) is 0 Å². The van der Waals surface area contributed by atoms with Gasteiger partial charge in [-0.2, -0.15) is 0 Å². The molecule has 1 aliphatic carbocycles. The smallest absolute Gasteiger partial charge is 0.124 e. The molecule has 2 rings (SSSR count). The van der Waals surface area contributed by atoms with E-state index in [-0.39, 0.29) is 0 Å². The monoisotopic (exact) mass is 193 g/mol. The van der Waals surface area contributed by atoms with Crippen molar-refractivity contribution in [1.82, 2.24) is 0 Å². The van der Waals surface area contributed by atoms with Crippen molar-refractivity contribution in [3.8, 4) is 5.75 Å². The fourth-order valence-corrected chi connectivity index (χ4v) is 2.15. The average molecular weight is 193 g/mol. The quantitative estimate of drug-likeness (QED) is 0.741. The molecule has 0 unspecified atom stereocenters. The first kappa shape index (κ1) is 9.49. The Morgan fingerprint density at radius 1 is 1.36 bits per heavy atom. The van der Waals surface area contributed by atoms with Crippen LogP contribution in [0.5, 0.6) is 5.75 Å². The van der Waals surface area contributed by atoms with Crippen LogP contribution in [-0.2, 0) is 24.3 Å². The highest BCUT2D eigenvalue weighted by atomic mass is 16.6. The third-order valence-electron chi connectivity index (χ3n) is 2.81. The first-order chi connectivity index (χ1) is 6.86. The maximum Gasteiger partial charge on any atom is 0.124 e. The molecular weight excluding hydrogens is 178 g/mol. The topological polar surface area (TPSA) is 44.5 Å². The van der Waals surface area contributed by atoms with Gasteiger partial charge in [-0.3, -0.25) is 4.84 Å². The highest BCUT2D eigenvalue weighted by molar-refractivity contribution is 5.46. The van der Waals surface area contributed by atoms with E-state index >= 15 is 0 Å². The fourth-order valence-electron chi connectivity index (χ4n) is 2.15. The Labute approximate surface area is 83.8 Å². The van der Waals surface area contributed by atoms with Gasteiger partial charge in [0.15, 0.2) is 0 Å². The van der Waals surface area contributed by atoms with Gasteiger partial charge in [-0.25, -0.2) is 5.90 Å². The second-order valence-electron chi connectivity index (χ2n) is 3.55. The Morgan fingerprint density at radius 2 is 2.21 bits per heavy atom. The van der Waals surface area contributed by atoms with Crippen LogP contribution in [0.2, 0.25) is 0 Å². The number of benzene rings is 1. The number of hydrogen-bond acceptors (Lipinski definition) is 3. The molecule has 1 aromatic rings. The lowest BCUT2D eigenvalue weighted by Crippen LogP contribution is -2.04. The molecule has 3 nitrogen and oxygen atoms in total. The van der Waals surface area contributed by atoms with Crippen LogP contribution in [0.4, 0.5) is 0 Å². The summed E-state index contributed by atoms with van der Waals surface area (Å²) in [5, 5.41) is 0. The molecule has 76 valence electrons. The maximum atomic E-state index is 5.29. The summed E-state index contributed by atoms with van der Waals surface area (Å²) in [4.78, 5) is 4.72. The van der Waals surface area contributed by atoms with Gasteiger partial charge in [0.25, 0.3) is 0 Å². The van der Waals surface area contributed by atoms with Gasteiger partial charge in [0.1, 0.15) is 5.75 Å². The average Bonchev–Trinajstić information content (AvgIpc) is 2.67. The Balaban J connectivity index is 2.45. The molecule has 0 radical (unpaired) electrons. The first-order valence-electron chi connectivity index (χ1n) is 4.86. The van der Waals surface area contributed by atoms with Gasteiger partial charge in [-0.1, -0.05) is 6.07 Å². The molecule has 0 bridgehead atoms. The molecule has 0 saturated carbocycles. The van der Waals surface area contributed by atoms with Crippen molar-refractivity contribution in [2.75, 3.05) is 7.11 Å². The maximum absolute atomic E-state index is 5.29. The fraction of sp³-hybridized carbons (Fsp3) is 0.455. The highest BCUT2D eigenvalue weighted by Crippen LogP contribution is 2.32. The van der Waals surface area contributed by atoms with Crippen LogP contribution in [0.3, 0.4) is 0 Å². The Morgan fingerprint density at radius 3 is 2.93 bits per heavy atom. The minimum atomic E-state index is 0.437. The zero-order chi connectivity index (χ0) is 9.97. The molecule has 0 saturated heterocycles. The lowest BCUT2D eigenvalue weighted by molar-refractivity contribution is 0.121. The minimum absolute atomic E-state index is 0.437. The molecule has 0 amide bonds. The predicted octanol–water partition coefficient (Wildman–Crippen LogP) is 1.57. The van der Waals surface area contributed by atoms with Crippen molar-refractivity contribution in [3.05, 3.63) is 28.8 Å². The van der Waals surface area contributed by atoms with Crippen LogP contribution >= 0.6 is 0 Å². The van der Waals surface area contributed by atoms with E-state index in [2.05, 4.69) is 6.07 Å². The van der Waals surface area contributed by atoms with E-state index in [1.807, 2.05) is 6.07 Å². The van der Waals surface area contributed by atoms with Crippen molar-refractivity contribution >= 4 is 0 Å². The zero-order valence-corrected chi connectivity index (χ0v) is 8.38.